The first-order valence-electron chi connectivity index (χ1n) is 7.37. The molecule has 0 radical (unpaired) electrons. The van der Waals surface area contributed by atoms with Crippen LogP contribution in [-0.2, 0) is 12.8 Å². The van der Waals surface area contributed by atoms with Crippen molar-refractivity contribution < 1.29 is 0 Å². The van der Waals surface area contributed by atoms with E-state index in [1.165, 1.54) is 38.7 Å². The molecule has 3 rings (SSSR count). The van der Waals surface area contributed by atoms with E-state index in [2.05, 4.69) is 71.4 Å². The van der Waals surface area contributed by atoms with E-state index in [9.17, 15) is 0 Å². The van der Waals surface area contributed by atoms with Gasteiger partial charge in [-0.1, -0.05) is 65.3 Å². The summed E-state index contributed by atoms with van der Waals surface area (Å²) in [7, 11) is 0. The maximum atomic E-state index is 3.71. The SMILES string of the molecule is CCc1ccc(C2=CCCCc3c(Br)cccc32)cc1. The fourth-order valence-electron chi connectivity index (χ4n) is 2.89. The van der Waals surface area contributed by atoms with E-state index in [0.717, 1.165) is 19.3 Å². The Hall–Kier alpha value is -1.34. The molecule has 0 saturated heterocycles. The van der Waals surface area contributed by atoms with Gasteiger partial charge in [0.1, 0.15) is 0 Å². The molecule has 1 heteroatoms. The van der Waals surface area contributed by atoms with E-state index >= 15 is 0 Å². The maximum absolute atomic E-state index is 3.71. The molecule has 0 atom stereocenters. The minimum Gasteiger partial charge on any atom is -0.0760 e. The maximum Gasteiger partial charge on any atom is 0.0213 e. The normalized spacial score (nSPS) is 14.4. The van der Waals surface area contributed by atoms with Gasteiger partial charge in [-0.05, 0) is 59.6 Å². The lowest BCUT2D eigenvalue weighted by Gasteiger charge is -2.13. The first-order valence-corrected chi connectivity index (χ1v) is 8.16. The first kappa shape index (κ1) is 13.6. The molecule has 0 bridgehead atoms. The van der Waals surface area contributed by atoms with E-state index in [0.29, 0.717) is 0 Å². The zero-order chi connectivity index (χ0) is 13.9. The second-order valence-corrected chi connectivity index (χ2v) is 6.18. The van der Waals surface area contributed by atoms with Gasteiger partial charge in [-0.2, -0.15) is 0 Å². The van der Waals surface area contributed by atoms with Crippen LogP contribution in [0.2, 0.25) is 0 Å². The monoisotopic (exact) mass is 326 g/mol. The van der Waals surface area contributed by atoms with Crippen LogP contribution in [0.4, 0.5) is 0 Å². The van der Waals surface area contributed by atoms with Gasteiger partial charge in [0, 0.05) is 4.47 Å². The van der Waals surface area contributed by atoms with Crippen molar-refractivity contribution in [3.05, 3.63) is 75.3 Å². The topological polar surface area (TPSA) is 0 Å². The molecule has 0 nitrogen and oxygen atoms in total. The molecule has 0 fully saturated rings. The van der Waals surface area contributed by atoms with Gasteiger partial charge in [-0.15, -0.1) is 0 Å². The van der Waals surface area contributed by atoms with Crippen LogP contribution in [0.15, 0.2) is 53.0 Å². The summed E-state index contributed by atoms with van der Waals surface area (Å²) in [4.78, 5) is 0. The molecule has 20 heavy (non-hydrogen) atoms. The molecule has 0 spiro atoms. The molecule has 0 aromatic heterocycles. The van der Waals surface area contributed by atoms with Crippen LogP contribution >= 0.6 is 15.9 Å². The van der Waals surface area contributed by atoms with Gasteiger partial charge in [0.15, 0.2) is 0 Å². The summed E-state index contributed by atoms with van der Waals surface area (Å²) in [6.07, 6.45) is 7.04. The Labute approximate surface area is 129 Å². The number of allylic oxidation sites excluding steroid dienone is 1. The van der Waals surface area contributed by atoms with Crippen molar-refractivity contribution in [1.29, 1.82) is 0 Å². The zero-order valence-corrected chi connectivity index (χ0v) is 13.4. The van der Waals surface area contributed by atoms with Crippen molar-refractivity contribution in [2.45, 2.75) is 32.6 Å². The Bertz CT molecular complexity index is 635. The highest BCUT2D eigenvalue weighted by molar-refractivity contribution is 9.10. The Morgan fingerprint density at radius 2 is 1.85 bits per heavy atom. The lowest BCUT2D eigenvalue weighted by atomic mass is 9.93. The highest BCUT2D eigenvalue weighted by Crippen LogP contribution is 2.34. The van der Waals surface area contributed by atoms with E-state index in [1.54, 1.807) is 0 Å². The standard InChI is InChI=1S/C19H19Br/c1-2-14-10-12-15(13-11-14)16-6-3-4-7-18-17(16)8-5-9-19(18)20/h5-6,8-13H,2-4,7H2,1H3. The van der Waals surface area contributed by atoms with Crippen LogP contribution in [0.1, 0.15) is 42.0 Å². The largest absolute Gasteiger partial charge is 0.0760 e. The van der Waals surface area contributed by atoms with Crippen LogP contribution in [0.25, 0.3) is 5.57 Å². The molecule has 1 aliphatic carbocycles. The molecule has 102 valence electrons. The van der Waals surface area contributed by atoms with Gasteiger partial charge in [0.25, 0.3) is 0 Å². The third-order valence-corrected chi connectivity index (χ3v) is 4.80. The van der Waals surface area contributed by atoms with Gasteiger partial charge in [-0.3, -0.25) is 0 Å². The molecule has 1 aliphatic rings. The number of halogens is 1. The first-order chi connectivity index (χ1) is 9.79. The van der Waals surface area contributed by atoms with Gasteiger partial charge >= 0.3 is 0 Å². The molecule has 2 aromatic carbocycles. The molecular weight excluding hydrogens is 308 g/mol. The third kappa shape index (κ3) is 2.60. The number of hydrogen-bond acceptors (Lipinski definition) is 0. The highest BCUT2D eigenvalue weighted by atomic mass is 79.9. The van der Waals surface area contributed by atoms with Crippen molar-refractivity contribution in [3.8, 4) is 0 Å². The molecule has 0 unspecified atom stereocenters. The number of aryl methyl sites for hydroxylation is 1. The zero-order valence-electron chi connectivity index (χ0n) is 11.8. The molecule has 0 N–H and O–H groups in total. The quantitative estimate of drug-likeness (QED) is 0.656. The number of fused-ring (bicyclic) bond motifs is 1. The minimum atomic E-state index is 1.10. The fourth-order valence-corrected chi connectivity index (χ4v) is 3.46. The predicted octanol–water partition coefficient (Wildman–Crippen LogP) is 5.78. The summed E-state index contributed by atoms with van der Waals surface area (Å²) in [6, 6.07) is 15.6. The highest BCUT2D eigenvalue weighted by Gasteiger charge is 2.14. The van der Waals surface area contributed by atoms with Gasteiger partial charge < -0.3 is 0 Å². The van der Waals surface area contributed by atoms with E-state index in [1.807, 2.05) is 0 Å². The predicted molar refractivity (Wildman–Crippen MR) is 90.0 cm³/mol. The molecule has 0 amide bonds. The molecule has 0 heterocycles. The van der Waals surface area contributed by atoms with Crippen molar-refractivity contribution >= 4 is 21.5 Å². The summed E-state index contributed by atoms with van der Waals surface area (Å²) >= 11 is 3.71. The third-order valence-electron chi connectivity index (χ3n) is 4.06. The number of rotatable bonds is 2. The van der Waals surface area contributed by atoms with Crippen LogP contribution in [-0.4, -0.2) is 0 Å². The Balaban J connectivity index is 2.09. The molecule has 0 saturated carbocycles. The lowest BCUT2D eigenvalue weighted by molar-refractivity contribution is 0.848. The summed E-state index contributed by atoms with van der Waals surface area (Å²) in [5, 5.41) is 0. The van der Waals surface area contributed by atoms with Gasteiger partial charge in [-0.25, -0.2) is 0 Å². The van der Waals surface area contributed by atoms with E-state index in [-0.39, 0.29) is 0 Å². The van der Waals surface area contributed by atoms with Crippen molar-refractivity contribution in [3.63, 3.8) is 0 Å². The van der Waals surface area contributed by atoms with Crippen LogP contribution in [0.3, 0.4) is 0 Å². The van der Waals surface area contributed by atoms with Gasteiger partial charge in [0.2, 0.25) is 0 Å². The Kier molecular flexibility index (Phi) is 4.07. The summed E-state index contributed by atoms with van der Waals surface area (Å²) < 4.78 is 1.24. The Morgan fingerprint density at radius 1 is 1.05 bits per heavy atom. The van der Waals surface area contributed by atoms with Crippen molar-refractivity contribution in [2.75, 3.05) is 0 Å². The minimum absolute atomic E-state index is 1.10. The van der Waals surface area contributed by atoms with Crippen LogP contribution in [0.5, 0.6) is 0 Å². The van der Waals surface area contributed by atoms with Crippen LogP contribution < -0.4 is 0 Å². The fraction of sp³-hybridized carbons (Fsp3) is 0.263. The summed E-state index contributed by atoms with van der Waals surface area (Å²) in [6.45, 7) is 2.20. The number of benzene rings is 2. The van der Waals surface area contributed by atoms with Gasteiger partial charge in [0.05, 0.1) is 0 Å². The van der Waals surface area contributed by atoms with Crippen molar-refractivity contribution in [1.82, 2.24) is 0 Å². The van der Waals surface area contributed by atoms with E-state index in [4.69, 9.17) is 0 Å². The lowest BCUT2D eigenvalue weighted by Crippen LogP contribution is -1.94. The number of hydrogen-bond donors (Lipinski definition) is 0. The molecular formula is C19H19Br. The average Bonchev–Trinajstić information content (AvgIpc) is 2.71. The second kappa shape index (κ2) is 5.97. The molecule has 2 aromatic rings. The smallest absolute Gasteiger partial charge is 0.0213 e. The molecule has 0 aliphatic heterocycles. The van der Waals surface area contributed by atoms with Crippen molar-refractivity contribution in [2.24, 2.45) is 0 Å². The second-order valence-electron chi connectivity index (χ2n) is 5.33. The summed E-state index contributed by atoms with van der Waals surface area (Å²) in [5.41, 5.74) is 6.97. The summed E-state index contributed by atoms with van der Waals surface area (Å²) in [5.74, 6) is 0. The van der Waals surface area contributed by atoms with E-state index < -0.39 is 0 Å². The average molecular weight is 327 g/mol. The van der Waals surface area contributed by atoms with Crippen LogP contribution in [0, 0.1) is 0 Å². The Morgan fingerprint density at radius 3 is 2.60 bits per heavy atom.